The molecule has 6 nitrogen and oxygen atoms in total. The van der Waals surface area contributed by atoms with Gasteiger partial charge in [0.05, 0.1) is 7.11 Å². The summed E-state index contributed by atoms with van der Waals surface area (Å²) in [6, 6.07) is 13.2. The summed E-state index contributed by atoms with van der Waals surface area (Å²) in [4.78, 5) is 24.0. The minimum absolute atomic E-state index is 0.106. The number of hydrogen-bond acceptors (Lipinski definition) is 4. The van der Waals surface area contributed by atoms with Crippen LogP contribution in [-0.4, -0.2) is 25.5 Å². The first kappa shape index (κ1) is 22.0. The van der Waals surface area contributed by atoms with Crippen LogP contribution in [0.3, 0.4) is 0 Å². The maximum absolute atomic E-state index is 12.0. The van der Waals surface area contributed by atoms with Gasteiger partial charge < -0.3 is 20.1 Å². The number of amides is 2. The van der Waals surface area contributed by atoms with Crippen LogP contribution in [0.4, 0.5) is 0 Å². The fraction of sp³-hybridized carbons (Fsp3) is 0.304. The first-order valence-corrected chi connectivity index (χ1v) is 9.44. The van der Waals surface area contributed by atoms with E-state index in [-0.39, 0.29) is 24.8 Å². The van der Waals surface area contributed by atoms with Crippen molar-refractivity contribution in [3.8, 4) is 11.5 Å². The molecule has 0 spiro atoms. The van der Waals surface area contributed by atoms with Crippen molar-refractivity contribution in [3.63, 3.8) is 0 Å². The fourth-order valence-corrected chi connectivity index (χ4v) is 2.55. The summed E-state index contributed by atoms with van der Waals surface area (Å²) in [5.41, 5.74) is 3.74. The van der Waals surface area contributed by atoms with Gasteiger partial charge in [-0.3, -0.25) is 9.59 Å². The van der Waals surface area contributed by atoms with E-state index in [1.165, 1.54) is 5.56 Å². The summed E-state index contributed by atoms with van der Waals surface area (Å²) >= 11 is 0. The summed E-state index contributed by atoms with van der Waals surface area (Å²) in [5, 5.41) is 5.51. The molecular formula is C23H28N2O4. The predicted molar refractivity (Wildman–Crippen MR) is 113 cm³/mol. The Kier molecular flexibility index (Phi) is 8.27. The van der Waals surface area contributed by atoms with E-state index >= 15 is 0 Å². The highest BCUT2D eigenvalue weighted by atomic mass is 16.5. The predicted octanol–water partition coefficient (Wildman–Crippen LogP) is 3.42. The molecule has 0 saturated heterocycles. The molecule has 0 heterocycles. The Hall–Kier alpha value is -3.28. The van der Waals surface area contributed by atoms with Gasteiger partial charge in [-0.15, -0.1) is 0 Å². The molecule has 2 aromatic carbocycles. The van der Waals surface area contributed by atoms with Crippen molar-refractivity contribution >= 4 is 11.8 Å². The van der Waals surface area contributed by atoms with E-state index in [1.54, 1.807) is 7.11 Å². The Morgan fingerprint density at radius 2 is 1.62 bits per heavy atom. The van der Waals surface area contributed by atoms with E-state index in [0.29, 0.717) is 24.4 Å². The standard InChI is InChI=1S/C23H28N2O4/c1-16-5-9-21(13-17(16)2)29-15-23(27)25-18(3)6-12-22(26)24-14-19-7-10-20(28-4)11-8-19/h5,7-11,13H,3,6,12,14-15H2,1-2,4H3,(H,24,26)(H,25,27). The van der Waals surface area contributed by atoms with Crippen LogP contribution in [0.25, 0.3) is 0 Å². The Morgan fingerprint density at radius 3 is 2.28 bits per heavy atom. The maximum atomic E-state index is 12.0. The second-order valence-electron chi connectivity index (χ2n) is 6.81. The van der Waals surface area contributed by atoms with Crippen molar-refractivity contribution in [1.29, 1.82) is 0 Å². The lowest BCUT2D eigenvalue weighted by Crippen LogP contribution is -2.29. The molecule has 2 rings (SSSR count). The minimum atomic E-state index is -0.299. The lowest BCUT2D eigenvalue weighted by atomic mass is 10.1. The molecule has 29 heavy (non-hydrogen) atoms. The van der Waals surface area contributed by atoms with Crippen LogP contribution in [0.1, 0.15) is 29.5 Å². The molecule has 2 aromatic rings. The monoisotopic (exact) mass is 396 g/mol. The summed E-state index contributed by atoms with van der Waals surface area (Å²) in [6.07, 6.45) is 0.608. The average molecular weight is 396 g/mol. The average Bonchev–Trinajstić information content (AvgIpc) is 2.72. The van der Waals surface area contributed by atoms with Crippen molar-refractivity contribution < 1.29 is 19.1 Å². The highest BCUT2D eigenvalue weighted by molar-refractivity contribution is 5.80. The van der Waals surface area contributed by atoms with Crippen LogP contribution in [-0.2, 0) is 16.1 Å². The number of allylic oxidation sites excluding steroid dienone is 1. The van der Waals surface area contributed by atoms with Crippen LogP contribution >= 0.6 is 0 Å². The van der Waals surface area contributed by atoms with Gasteiger partial charge in [-0.25, -0.2) is 0 Å². The first-order valence-electron chi connectivity index (χ1n) is 9.44. The molecule has 0 aliphatic heterocycles. The third-order valence-corrected chi connectivity index (χ3v) is 4.47. The van der Waals surface area contributed by atoms with E-state index in [4.69, 9.17) is 9.47 Å². The Bertz CT molecular complexity index is 860. The van der Waals surface area contributed by atoms with Gasteiger partial charge in [0.25, 0.3) is 5.91 Å². The number of carbonyl (C=O) groups excluding carboxylic acids is 2. The lowest BCUT2D eigenvalue weighted by molar-refractivity contribution is -0.123. The summed E-state index contributed by atoms with van der Waals surface area (Å²) in [5.74, 6) is 1.01. The largest absolute Gasteiger partial charge is 0.497 e. The second-order valence-corrected chi connectivity index (χ2v) is 6.81. The first-order chi connectivity index (χ1) is 13.9. The van der Waals surface area contributed by atoms with Gasteiger partial charge in [-0.2, -0.15) is 0 Å². The third-order valence-electron chi connectivity index (χ3n) is 4.47. The number of rotatable bonds is 10. The van der Waals surface area contributed by atoms with Crippen molar-refractivity contribution in [2.24, 2.45) is 0 Å². The van der Waals surface area contributed by atoms with Crippen molar-refractivity contribution in [3.05, 3.63) is 71.4 Å². The zero-order valence-electron chi connectivity index (χ0n) is 17.2. The van der Waals surface area contributed by atoms with E-state index in [2.05, 4.69) is 17.2 Å². The quantitative estimate of drug-likeness (QED) is 0.645. The molecule has 0 atom stereocenters. The molecule has 0 unspecified atom stereocenters. The van der Waals surface area contributed by atoms with E-state index < -0.39 is 0 Å². The fourth-order valence-electron chi connectivity index (χ4n) is 2.55. The van der Waals surface area contributed by atoms with Gasteiger partial charge in [0.15, 0.2) is 6.61 Å². The molecule has 0 bridgehead atoms. The van der Waals surface area contributed by atoms with E-state index in [9.17, 15) is 9.59 Å². The zero-order chi connectivity index (χ0) is 21.2. The maximum Gasteiger partial charge on any atom is 0.262 e. The number of methoxy groups -OCH3 is 1. The normalized spacial score (nSPS) is 10.2. The Morgan fingerprint density at radius 1 is 0.931 bits per heavy atom. The lowest BCUT2D eigenvalue weighted by Gasteiger charge is -2.11. The van der Waals surface area contributed by atoms with Gasteiger partial charge in [0, 0.05) is 18.7 Å². The van der Waals surface area contributed by atoms with Gasteiger partial charge in [-0.1, -0.05) is 24.8 Å². The van der Waals surface area contributed by atoms with E-state index in [1.807, 2.05) is 56.3 Å². The van der Waals surface area contributed by atoms with Crippen molar-refractivity contribution in [1.82, 2.24) is 10.6 Å². The van der Waals surface area contributed by atoms with Crippen LogP contribution in [0.2, 0.25) is 0 Å². The molecule has 0 aromatic heterocycles. The molecule has 6 heteroatoms. The van der Waals surface area contributed by atoms with Crippen LogP contribution in [0.15, 0.2) is 54.7 Å². The number of nitrogens with one attached hydrogen (secondary N) is 2. The van der Waals surface area contributed by atoms with Gasteiger partial charge >= 0.3 is 0 Å². The SMILES string of the molecule is C=C(CCC(=O)NCc1ccc(OC)cc1)NC(=O)COc1ccc(C)c(C)c1. The van der Waals surface area contributed by atoms with Gasteiger partial charge in [0.2, 0.25) is 5.91 Å². The summed E-state index contributed by atoms with van der Waals surface area (Å²) < 4.78 is 10.6. The molecule has 0 fully saturated rings. The van der Waals surface area contributed by atoms with Crippen LogP contribution in [0.5, 0.6) is 11.5 Å². The highest BCUT2D eigenvalue weighted by Gasteiger charge is 2.08. The molecular weight excluding hydrogens is 368 g/mol. The van der Waals surface area contributed by atoms with Crippen molar-refractivity contribution in [2.45, 2.75) is 33.2 Å². The van der Waals surface area contributed by atoms with Crippen molar-refractivity contribution in [2.75, 3.05) is 13.7 Å². The molecule has 0 aliphatic carbocycles. The minimum Gasteiger partial charge on any atom is -0.497 e. The number of ether oxygens (including phenoxy) is 2. The second kappa shape index (κ2) is 10.9. The van der Waals surface area contributed by atoms with Crippen LogP contribution < -0.4 is 20.1 Å². The third kappa shape index (κ3) is 7.70. The number of carbonyl (C=O) groups is 2. The zero-order valence-corrected chi connectivity index (χ0v) is 17.2. The molecule has 2 N–H and O–H groups in total. The summed E-state index contributed by atoms with van der Waals surface area (Å²) in [7, 11) is 1.61. The van der Waals surface area contributed by atoms with Gasteiger partial charge in [-0.05, 0) is 61.2 Å². The molecule has 0 saturated carbocycles. The Labute approximate surface area is 171 Å². The molecule has 154 valence electrons. The topological polar surface area (TPSA) is 76.7 Å². The van der Waals surface area contributed by atoms with Gasteiger partial charge in [0.1, 0.15) is 11.5 Å². The molecule has 0 aliphatic rings. The number of benzene rings is 2. The Balaban J connectivity index is 1.65. The van der Waals surface area contributed by atoms with E-state index in [0.717, 1.165) is 16.9 Å². The smallest absolute Gasteiger partial charge is 0.262 e. The molecule has 0 radical (unpaired) electrons. The molecule has 2 amide bonds. The highest BCUT2D eigenvalue weighted by Crippen LogP contribution is 2.16. The van der Waals surface area contributed by atoms with Crippen LogP contribution in [0, 0.1) is 13.8 Å². The summed E-state index contributed by atoms with van der Waals surface area (Å²) in [6.45, 7) is 8.14. The number of hydrogen-bond donors (Lipinski definition) is 2. The number of aryl methyl sites for hydroxylation is 2.